The molecule has 0 bridgehead atoms. The van der Waals surface area contributed by atoms with E-state index >= 15 is 0 Å². The summed E-state index contributed by atoms with van der Waals surface area (Å²) < 4.78 is 6.02. The molecule has 1 aliphatic rings. The maximum atomic E-state index is 13.2. The molecule has 2 amide bonds. The standard InChI is InChI=1S/C28H24N4O3/c33-25(21-14-6-2-7-15-21)31-26(34)23-28(35-27(29-23)22-16-8-3-9-17-22)30-24(32-18-10-11-19-32)20-12-4-1-5-13-20/h1-9,12-17H,10-11,18-19H2,(H,31,33,34)/b30-24-. The molecule has 0 aliphatic carbocycles. The fourth-order valence-electron chi connectivity index (χ4n) is 3.99. The van der Waals surface area contributed by atoms with Crippen molar-refractivity contribution in [2.24, 2.45) is 4.99 Å². The normalized spacial score (nSPS) is 13.6. The average molecular weight is 465 g/mol. The molecule has 7 heteroatoms. The van der Waals surface area contributed by atoms with E-state index in [4.69, 9.17) is 9.41 Å². The van der Waals surface area contributed by atoms with Gasteiger partial charge >= 0.3 is 0 Å². The fourth-order valence-corrected chi connectivity index (χ4v) is 3.99. The van der Waals surface area contributed by atoms with Crippen molar-refractivity contribution in [2.45, 2.75) is 12.8 Å². The van der Waals surface area contributed by atoms with E-state index < -0.39 is 11.8 Å². The van der Waals surface area contributed by atoms with Crippen LogP contribution in [0, 0.1) is 0 Å². The lowest BCUT2D eigenvalue weighted by Crippen LogP contribution is -2.31. The number of aliphatic imine (C=N–C) groups is 1. The molecule has 0 atom stereocenters. The van der Waals surface area contributed by atoms with Crippen molar-refractivity contribution in [3.63, 3.8) is 0 Å². The summed E-state index contributed by atoms with van der Waals surface area (Å²) in [6, 6.07) is 27.6. The summed E-state index contributed by atoms with van der Waals surface area (Å²) in [5, 5.41) is 2.42. The molecule has 4 aromatic rings. The Kier molecular flexibility index (Phi) is 6.48. The zero-order chi connectivity index (χ0) is 24.0. The number of carbonyl (C=O) groups excluding carboxylic acids is 2. The van der Waals surface area contributed by atoms with Crippen molar-refractivity contribution >= 4 is 23.5 Å². The van der Waals surface area contributed by atoms with Crippen LogP contribution in [0.25, 0.3) is 11.5 Å². The second-order valence-corrected chi connectivity index (χ2v) is 8.18. The second kappa shape index (κ2) is 10.2. The van der Waals surface area contributed by atoms with Crippen LogP contribution in [0.15, 0.2) is 100 Å². The molecular weight excluding hydrogens is 440 g/mol. The van der Waals surface area contributed by atoms with Gasteiger partial charge in [-0.15, -0.1) is 0 Å². The summed E-state index contributed by atoms with van der Waals surface area (Å²) in [7, 11) is 0. The van der Waals surface area contributed by atoms with Gasteiger partial charge in [-0.2, -0.15) is 4.99 Å². The van der Waals surface area contributed by atoms with E-state index in [1.54, 1.807) is 30.3 Å². The number of amides is 2. The predicted molar refractivity (Wildman–Crippen MR) is 134 cm³/mol. The van der Waals surface area contributed by atoms with Crippen LogP contribution in [-0.4, -0.2) is 40.6 Å². The number of carbonyl (C=O) groups is 2. The Morgan fingerprint density at radius 1 is 0.771 bits per heavy atom. The van der Waals surface area contributed by atoms with Crippen LogP contribution >= 0.6 is 0 Å². The number of imide groups is 1. The monoisotopic (exact) mass is 464 g/mol. The molecule has 35 heavy (non-hydrogen) atoms. The molecule has 1 fully saturated rings. The average Bonchev–Trinajstić information content (AvgIpc) is 3.59. The number of hydrogen-bond donors (Lipinski definition) is 1. The van der Waals surface area contributed by atoms with Crippen molar-refractivity contribution in [1.82, 2.24) is 15.2 Å². The lowest BCUT2D eigenvalue weighted by molar-refractivity contribution is 0.0847. The van der Waals surface area contributed by atoms with Gasteiger partial charge in [-0.05, 0) is 37.1 Å². The minimum absolute atomic E-state index is 0.0410. The summed E-state index contributed by atoms with van der Waals surface area (Å²) in [5.74, 6) is -0.152. The molecule has 1 saturated heterocycles. The number of aromatic nitrogens is 1. The largest absolute Gasteiger partial charge is 0.417 e. The zero-order valence-corrected chi connectivity index (χ0v) is 19.1. The van der Waals surface area contributed by atoms with Crippen LogP contribution in [0.3, 0.4) is 0 Å². The Labute approximate surface area is 203 Å². The van der Waals surface area contributed by atoms with Gasteiger partial charge in [-0.25, -0.2) is 4.98 Å². The van der Waals surface area contributed by atoms with Crippen LogP contribution in [0.2, 0.25) is 0 Å². The molecule has 174 valence electrons. The molecule has 5 rings (SSSR count). The van der Waals surface area contributed by atoms with Gasteiger partial charge in [0.25, 0.3) is 17.7 Å². The van der Waals surface area contributed by atoms with E-state index in [9.17, 15) is 9.59 Å². The number of amidine groups is 1. The zero-order valence-electron chi connectivity index (χ0n) is 19.1. The Morgan fingerprint density at radius 2 is 1.34 bits per heavy atom. The molecule has 0 unspecified atom stereocenters. The molecule has 7 nitrogen and oxygen atoms in total. The number of rotatable bonds is 5. The lowest BCUT2D eigenvalue weighted by Gasteiger charge is -2.20. The summed E-state index contributed by atoms with van der Waals surface area (Å²) in [4.78, 5) is 37.3. The third kappa shape index (κ3) is 5.04. The number of likely N-dealkylation sites (tertiary alicyclic amines) is 1. The lowest BCUT2D eigenvalue weighted by atomic mass is 10.2. The SMILES string of the molecule is O=C(NC(=O)c1nc(-c2ccccc2)oc1/N=C(/c1ccccc1)N1CCCC1)c1ccccc1. The van der Waals surface area contributed by atoms with E-state index in [2.05, 4.69) is 15.2 Å². The Morgan fingerprint density at radius 3 is 1.97 bits per heavy atom. The van der Waals surface area contributed by atoms with Gasteiger partial charge in [0.1, 0.15) is 5.84 Å². The van der Waals surface area contributed by atoms with Crippen molar-refractivity contribution in [2.75, 3.05) is 13.1 Å². The van der Waals surface area contributed by atoms with Crippen LogP contribution in [0.1, 0.15) is 39.3 Å². The first kappa shape index (κ1) is 22.3. The summed E-state index contributed by atoms with van der Waals surface area (Å²) in [6.45, 7) is 1.73. The Balaban J connectivity index is 1.56. The number of oxazole rings is 1. The highest BCUT2D eigenvalue weighted by Gasteiger charge is 2.25. The quantitative estimate of drug-likeness (QED) is 0.253. The predicted octanol–water partition coefficient (Wildman–Crippen LogP) is 5.09. The highest BCUT2D eigenvalue weighted by molar-refractivity contribution is 6.11. The third-order valence-corrected chi connectivity index (χ3v) is 5.75. The smallest absolute Gasteiger partial charge is 0.282 e. The van der Waals surface area contributed by atoms with E-state index in [0.29, 0.717) is 17.0 Å². The summed E-state index contributed by atoms with van der Waals surface area (Å²) in [6.07, 6.45) is 2.13. The fraction of sp³-hybridized carbons (Fsp3) is 0.143. The van der Waals surface area contributed by atoms with Gasteiger partial charge in [0.15, 0.2) is 5.69 Å². The van der Waals surface area contributed by atoms with Crippen LogP contribution in [0.4, 0.5) is 5.88 Å². The van der Waals surface area contributed by atoms with Crippen LogP contribution in [0.5, 0.6) is 0 Å². The number of hydrogen-bond acceptors (Lipinski definition) is 5. The summed E-state index contributed by atoms with van der Waals surface area (Å²) >= 11 is 0. The molecule has 3 aromatic carbocycles. The highest BCUT2D eigenvalue weighted by atomic mass is 16.4. The van der Waals surface area contributed by atoms with Gasteiger partial charge in [0.05, 0.1) is 0 Å². The van der Waals surface area contributed by atoms with E-state index in [1.807, 2.05) is 60.7 Å². The number of nitrogens with zero attached hydrogens (tertiary/aromatic N) is 3. The maximum Gasteiger partial charge on any atom is 0.282 e. The van der Waals surface area contributed by atoms with Gasteiger partial charge in [0.2, 0.25) is 5.89 Å². The van der Waals surface area contributed by atoms with Gasteiger partial charge in [-0.3, -0.25) is 14.9 Å². The molecule has 1 N–H and O–H groups in total. The van der Waals surface area contributed by atoms with Crippen molar-refractivity contribution < 1.29 is 14.0 Å². The molecular formula is C28H24N4O3. The third-order valence-electron chi connectivity index (χ3n) is 5.75. The first-order chi connectivity index (χ1) is 17.2. The van der Waals surface area contributed by atoms with Crippen molar-refractivity contribution in [3.05, 3.63) is 108 Å². The second-order valence-electron chi connectivity index (χ2n) is 8.18. The topological polar surface area (TPSA) is 87.8 Å². The maximum absolute atomic E-state index is 13.2. The van der Waals surface area contributed by atoms with E-state index in [-0.39, 0.29) is 17.5 Å². The van der Waals surface area contributed by atoms with Gasteiger partial charge in [0, 0.05) is 29.8 Å². The minimum atomic E-state index is -0.669. The van der Waals surface area contributed by atoms with Crippen LogP contribution in [-0.2, 0) is 0 Å². The molecule has 0 radical (unpaired) electrons. The van der Waals surface area contributed by atoms with Gasteiger partial charge < -0.3 is 9.32 Å². The summed E-state index contributed by atoms with van der Waals surface area (Å²) in [5.41, 5.74) is 1.96. The van der Waals surface area contributed by atoms with Gasteiger partial charge in [-0.1, -0.05) is 66.7 Å². The Bertz CT molecular complexity index is 1340. The molecule has 2 heterocycles. The highest BCUT2D eigenvalue weighted by Crippen LogP contribution is 2.29. The molecule has 0 spiro atoms. The number of nitrogens with one attached hydrogen (secondary N) is 1. The van der Waals surface area contributed by atoms with E-state index in [1.165, 1.54) is 0 Å². The Hall–Kier alpha value is -4.52. The number of benzene rings is 3. The first-order valence-corrected chi connectivity index (χ1v) is 11.5. The minimum Gasteiger partial charge on any atom is -0.417 e. The van der Waals surface area contributed by atoms with E-state index in [0.717, 1.165) is 31.5 Å². The molecule has 0 saturated carbocycles. The molecule has 1 aromatic heterocycles. The van der Waals surface area contributed by atoms with Crippen LogP contribution < -0.4 is 5.32 Å². The first-order valence-electron chi connectivity index (χ1n) is 11.5. The van der Waals surface area contributed by atoms with Crippen molar-refractivity contribution in [3.8, 4) is 11.5 Å². The molecule has 1 aliphatic heterocycles. The van der Waals surface area contributed by atoms with Crippen molar-refractivity contribution in [1.29, 1.82) is 0 Å².